The third-order valence-electron chi connectivity index (χ3n) is 6.00. The maximum atomic E-state index is 6.22. The third-order valence-corrected chi connectivity index (χ3v) is 7.56. The summed E-state index contributed by atoms with van der Waals surface area (Å²) in [6.45, 7) is 2.06. The lowest BCUT2D eigenvalue weighted by Gasteiger charge is -2.12. The molecule has 3 aromatic carbocycles. The minimum atomic E-state index is 0.722. The number of rotatable bonds is 3. The quantitative estimate of drug-likeness (QED) is 0.249. The van der Waals surface area contributed by atoms with Crippen LogP contribution in [-0.2, 0) is 5.75 Å². The van der Waals surface area contributed by atoms with Gasteiger partial charge in [0.15, 0.2) is 5.65 Å². The summed E-state index contributed by atoms with van der Waals surface area (Å²) in [5.74, 6) is 0.853. The fraction of sp³-hybridized carbons (Fsp3) is 0.0714. The van der Waals surface area contributed by atoms with Crippen molar-refractivity contribution in [2.45, 2.75) is 12.7 Å². The van der Waals surface area contributed by atoms with Crippen LogP contribution >= 0.6 is 35.0 Å². The number of halogens is 2. The second-order valence-corrected chi connectivity index (χ2v) is 10.1. The standard InChI is InChI=1S/C28H19Cl2N3S/c1-17-25-26(19-9-13-21(30)14-10-19)23-16-34-24(15-18-7-11-20(29)12-8-18)27(23)31-28(25)33(32-17)22-5-3-2-4-6-22/h2-15H,16H2,1H3/b24-15-. The summed E-state index contributed by atoms with van der Waals surface area (Å²) < 4.78 is 1.95. The number of benzene rings is 3. The van der Waals surface area contributed by atoms with Crippen LogP contribution in [-0.4, -0.2) is 14.8 Å². The highest BCUT2D eigenvalue weighted by Crippen LogP contribution is 2.48. The van der Waals surface area contributed by atoms with Gasteiger partial charge in [-0.15, -0.1) is 11.8 Å². The Balaban J connectivity index is 1.65. The van der Waals surface area contributed by atoms with Gasteiger partial charge < -0.3 is 0 Å². The van der Waals surface area contributed by atoms with E-state index in [0.29, 0.717) is 0 Å². The first-order valence-corrected chi connectivity index (χ1v) is 12.7. The molecule has 0 saturated heterocycles. The number of aromatic nitrogens is 3. The van der Waals surface area contributed by atoms with Crippen LogP contribution in [0.5, 0.6) is 0 Å². The van der Waals surface area contributed by atoms with E-state index in [1.807, 2.05) is 71.0 Å². The van der Waals surface area contributed by atoms with Crippen LogP contribution in [0.4, 0.5) is 0 Å². The van der Waals surface area contributed by atoms with Crippen molar-refractivity contribution >= 4 is 57.0 Å². The van der Waals surface area contributed by atoms with Crippen LogP contribution in [0, 0.1) is 6.92 Å². The van der Waals surface area contributed by atoms with Gasteiger partial charge in [-0.05, 0) is 66.1 Å². The van der Waals surface area contributed by atoms with Gasteiger partial charge in [-0.3, -0.25) is 0 Å². The summed E-state index contributed by atoms with van der Waals surface area (Å²) in [5, 5.41) is 7.44. The average molecular weight is 500 g/mol. The lowest BCUT2D eigenvalue weighted by molar-refractivity contribution is 0.877. The zero-order valence-electron chi connectivity index (χ0n) is 18.3. The highest BCUT2D eigenvalue weighted by molar-refractivity contribution is 8.08. The van der Waals surface area contributed by atoms with Gasteiger partial charge in [0.05, 0.1) is 22.5 Å². The van der Waals surface area contributed by atoms with Crippen LogP contribution in [0.25, 0.3) is 38.8 Å². The number of aryl methyl sites for hydroxylation is 1. The largest absolute Gasteiger partial charge is 0.227 e. The SMILES string of the molecule is Cc1nn(-c2ccccc2)c2nc3c(c(-c4ccc(Cl)cc4)c12)CS/C3=C\c1ccc(Cl)cc1. The molecule has 3 nitrogen and oxygen atoms in total. The van der Waals surface area contributed by atoms with Crippen LogP contribution in [0.15, 0.2) is 78.9 Å². The van der Waals surface area contributed by atoms with E-state index in [4.69, 9.17) is 33.3 Å². The number of pyridine rings is 1. The van der Waals surface area contributed by atoms with Gasteiger partial charge in [-0.1, -0.05) is 65.7 Å². The molecule has 0 N–H and O–H groups in total. The smallest absolute Gasteiger partial charge is 0.164 e. The second kappa shape index (κ2) is 8.62. The highest BCUT2D eigenvalue weighted by Gasteiger charge is 2.28. The van der Waals surface area contributed by atoms with Crippen molar-refractivity contribution in [3.8, 4) is 16.8 Å². The first-order chi connectivity index (χ1) is 16.6. The van der Waals surface area contributed by atoms with Crippen molar-refractivity contribution in [1.29, 1.82) is 0 Å². The van der Waals surface area contributed by atoms with Crippen LogP contribution in [0.2, 0.25) is 10.0 Å². The molecule has 0 unspecified atom stereocenters. The number of nitrogens with zero attached hydrogens (tertiary/aromatic N) is 3. The van der Waals surface area contributed by atoms with E-state index in [2.05, 4.69) is 37.3 Å². The number of thioether (sulfide) groups is 1. The summed E-state index contributed by atoms with van der Waals surface area (Å²) in [4.78, 5) is 6.36. The molecule has 0 saturated carbocycles. The Morgan fingerprint density at radius 1 is 0.882 bits per heavy atom. The lowest BCUT2D eigenvalue weighted by atomic mass is 9.95. The average Bonchev–Trinajstić information content (AvgIpc) is 3.41. The minimum Gasteiger partial charge on any atom is -0.227 e. The summed E-state index contributed by atoms with van der Waals surface area (Å²) in [6, 6.07) is 26.1. The van der Waals surface area contributed by atoms with Crippen molar-refractivity contribution in [2.24, 2.45) is 0 Å². The first kappa shape index (κ1) is 21.5. The molecule has 0 radical (unpaired) electrons. The molecule has 0 spiro atoms. The number of hydrogen-bond acceptors (Lipinski definition) is 3. The summed E-state index contributed by atoms with van der Waals surface area (Å²) >= 11 is 14.1. The van der Waals surface area contributed by atoms with E-state index in [9.17, 15) is 0 Å². The van der Waals surface area contributed by atoms with E-state index in [1.165, 1.54) is 11.1 Å². The Labute approximate surface area is 212 Å². The molecule has 5 aromatic rings. The van der Waals surface area contributed by atoms with Crippen molar-refractivity contribution < 1.29 is 0 Å². The third kappa shape index (κ3) is 3.72. The van der Waals surface area contributed by atoms with E-state index < -0.39 is 0 Å². The normalized spacial score (nSPS) is 14.1. The molecule has 6 rings (SSSR count). The predicted octanol–water partition coefficient (Wildman–Crippen LogP) is 8.45. The molecular weight excluding hydrogens is 481 g/mol. The molecule has 166 valence electrons. The maximum absolute atomic E-state index is 6.22. The number of hydrogen-bond donors (Lipinski definition) is 0. The molecule has 2 aromatic heterocycles. The maximum Gasteiger partial charge on any atom is 0.164 e. The Morgan fingerprint density at radius 2 is 1.56 bits per heavy atom. The van der Waals surface area contributed by atoms with E-state index in [0.717, 1.165) is 59.9 Å². The zero-order chi connectivity index (χ0) is 23.2. The molecule has 0 atom stereocenters. The van der Waals surface area contributed by atoms with Gasteiger partial charge in [-0.25, -0.2) is 9.67 Å². The summed E-state index contributed by atoms with van der Waals surface area (Å²) in [5.41, 5.74) is 8.45. The van der Waals surface area contributed by atoms with E-state index >= 15 is 0 Å². The topological polar surface area (TPSA) is 30.7 Å². The Morgan fingerprint density at radius 3 is 2.26 bits per heavy atom. The summed E-state index contributed by atoms with van der Waals surface area (Å²) in [7, 11) is 0. The molecule has 34 heavy (non-hydrogen) atoms. The molecule has 0 amide bonds. The first-order valence-electron chi connectivity index (χ1n) is 10.9. The number of para-hydroxylation sites is 1. The Kier molecular flexibility index (Phi) is 5.45. The van der Waals surface area contributed by atoms with Gasteiger partial charge in [0.25, 0.3) is 0 Å². The van der Waals surface area contributed by atoms with Crippen molar-refractivity contribution in [2.75, 3.05) is 0 Å². The lowest BCUT2D eigenvalue weighted by Crippen LogP contribution is -2.00. The van der Waals surface area contributed by atoms with Gasteiger partial charge in [-0.2, -0.15) is 5.10 Å². The fourth-order valence-electron chi connectivity index (χ4n) is 4.42. The van der Waals surface area contributed by atoms with Crippen LogP contribution in [0.1, 0.15) is 22.5 Å². The molecule has 3 heterocycles. The Bertz CT molecular complexity index is 1550. The predicted molar refractivity (Wildman–Crippen MR) is 145 cm³/mol. The summed E-state index contributed by atoms with van der Waals surface area (Å²) in [6.07, 6.45) is 2.19. The molecule has 1 aliphatic rings. The molecule has 0 aliphatic carbocycles. The van der Waals surface area contributed by atoms with Gasteiger partial charge >= 0.3 is 0 Å². The van der Waals surface area contributed by atoms with Crippen molar-refractivity contribution in [1.82, 2.24) is 14.8 Å². The molecule has 0 bridgehead atoms. The van der Waals surface area contributed by atoms with E-state index in [-0.39, 0.29) is 0 Å². The van der Waals surface area contributed by atoms with Gasteiger partial charge in [0.2, 0.25) is 0 Å². The minimum absolute atomic E-state index is 0.722. The Hall–Kier alpha value is -3.05. The van der Waals surface area contributed by atoms with Crippen molar-refractivity contribution in [3.05, 3.63) is 111 Å². The van der Waals surface area contributed by atoms with E-state index in [1.54, 1.807) is 0 Å². The highest BCUT2D eigenvalue weighted by atomic mass is 35.5. The van der Waals surface area contributed by atoms with Crippen molar-refractivity contribution in [3.63, 3.8) is 0 Å². The molecular formula is C28H19Cl2N3S. The molecule has 6 heteroatoms. The monoisotopic (exact) mass is 499 g/mol. The molecule has 1 aliphatic heterocycles. The molecule has 0 fully saturated rings. The van der Waals surface area contributed by atoms with Gasteiger partial charge in [0, 0.05) is 26.3 Å². The fourth-order valence-corrected chi connectivity index (χ4v) is 5.78. The van der Waals surface area contributed by atoms with Crippen LogP contribution in [0.3, 0.4) is 0 Å². The van der Waals surface area contributed by atoms with Crippen LogP contribution < -0.4 is 0 Å². The zero-order valence-corrected chi connectivity index (χ0v) is 20.6. The number of fused-ring (bicyclic) bond motifs is 2. The van der Waals surface area contributed by atoms with Gasteiger partial charge in [0.1, 0.15) is 0 Å². The second-order valence-electron chi connectivity index (χ2n) is 8.20.